The zero-order chi connectivity index (χ0) is 13.7. The molecule has 0 aliphatic heterocycles. The first-order chi connectivity index (χ1) is 9.20. The van der Waals surface area contributed by atoms with Crippen LogP contribution in [0.5, 0.6) is 0 Å². The van der Waals surface area contributed by atoms with E-state index in [9.17, 15) is 4.39 Å². The summed E-state index contributed by atoms with van der Waals surface area (Å²) in [7, 11) is 0. The van der Waals surface area contributed by atoms with Gasteiger partial charge in [0.25, 0.3) is 0 Å². The molecule has 102 valence electrons. The predicted molar refractivity (Wildman–Crippen MR) is 74.2 cm³/mol. The zero-order valence-corrected chi connectivity index (χ0v) is 11.4. The van der Waals surface area contributed by atoms with Gasteiger partial charge in [-0.25, -0.2) is 9.37 Å². The average molecular weight is 261 g/mol. The Labute approximate surface area is 113 Å². The number of hydrogen-bond acceptors (Lipinski definition) is 2. The molecular weight excluding hydrogens is 241 g/mol. The van der Waals surface area contributed by atoms with E-state index in [0.29, 0.717) is 6.54 Å². The van der Waals surface area contributed by atoms with Crippen molar-refractivity contribution in [1.29, 1.82) is 0 Å². The number of imidazole rings is 1. The number of nitrogens with one attached hydrogen (secondary N) is 1. The lowest BCUT2D eigenvalue weighted by Crippen LogP contribution is -2.20. The van der Waals surface area contributed by atoms with Gasteiger partial charge in [0.05, 0.1) is 6.54 Å². The van der Waals surface area contributed by atoms with Gasteiger partial charge in [-0.05, 0) is 31.0 Å². The molecule has 0 aliphatic carbocycles. The second-order valence-electron chi connectivity index (χ2n) is 4.69. The summed E-state index contributed by atoms with van der Waals surface area (Å²) in [5.74, 6) is 0.838. The fourth-order valence-electron chi connectivity index (χ4n) is 2.07. The van der Waals surface area contributed by atoms with E-state index in [2.05, 4.69) is 28.7 Å². The number of hydrogen-bond donors (Lipinski definition) is 1. The first kappa shape index (κ1) is 13.7. The molecule has 1 atom stereocenters. The van der Waals surface area contributed by atoms with Gasteiger partial charge in [0, 0.05) is 25.0 Å². The van der Waals surface area contributed by atoms with Crippen molar-refractivity contribution in [3.05, 3.63) is 53.9 Å². The van der Waals surface area contributed by atoms with E-state index in [1.165, 1.54) is 12.1 Å². The Morgan fingerprint density at radius 2 is 2.05 bits per heavy atom. The van der Waals surface area contributed by atoms with Crippen LogP contribution in [0.3, 0.4) is 0 Å². The normalized spacial score (nSPS) is 12.6. The van der Waals surface area contributed by atoms with E-state index in [1.807, 2.05) is 24.5 Å². The van der Waals surface area contributed by atoms with Crippen molar-refractivity contribution in [2.24, 2.45) is 0 Å². The minimum Gasteiger partial charge on any atom is -0.334 e. The van der Waals surface area contributed by atoms with Crippen molar-refractivity contribution in [2.45, 2.75) is 39.4 Å². The summed E-state index contributed by atoms with van der Waals surface area (Å²) in [6, 6.07) is 6.78. The Hall–Kier alpha value is -1.68. The fourth-order valence-corrected chi connectivity index (χ4v) is 2.07. The Balaban J connectivity index is 1.94. The Morgan fingerprint density at radius 3 is 2.74 bits per heavy atom. The lowest BCUT2D eigenvalue weighted by atomic mass is 10.1. The standard InChI is InChI=1S/C15H20FN3/c1-3-9-19-10-8-17-15(19)11-18-12(2)13-4-6-14(16)7-5-13/h4-8,10,12,18H,3,9,11H2,1-2H3/t12-/m1/s1. The Bertz CT molecular complexity index is 504. The summed E-state index contributed by atoms with van der Waals surface area (Å²) in [6.07, 6.45) is 4.93. The lowest BCUT2D eigenvalue weighted by molar-refractivity contribution is 0.531. The minimum atomic E-state index is -0.200. The van der Waals surface area contributed by atoms with Crippen LogP contribution in [0, 0.1) is 5.82 Å². The van der Waals surface area contributed by atoms with Gasteiger partial charge < -0.3 is 9.88 Å². The summed E-state index contributed by atoms with van der Waals surface area (Å²) < 4.78 is 15.0. The van der Waals surface area contributed by atoms with E-state index in [0.717, 1.165) is 24.4 Å². The first-order valence-electron chi connectivity index (χ1n) is 6.69. The molecule has 0 saturated heterocycles. The molecule has 4 heteroatoms. The third kappa shape index (κ3) is 3.64. The third-order valence-corrected chi connectivity index (χ3v) is 3.20. The van der Waals surface area contributed by atoms with Crippen molar-refractivity contribution < 1.29 is 4.39 Å². The highest BCUT2D eigenvalue weighted by Gasteiger charge is 2.07. The second-order valence-corrected chi connectivity index (χ2v) is 4.69. The van der Waals surface area contributed by atoms with Gasteiger partial charge in [0.15, 0.2) is 0 Å². The zero-order valence-electron chi connectivity index (χ0n) is 11.4. The maximum Gasteiger partial charge on any atom is 0.123 e. The Kier molecular flexibility index (Phi) is 4.68. The summed E-state index contributed by atoms with van der Waals surface area (Å²) in [5.41, 5.74) is 1.08. The van der Waals surface area contributed by atoms with Crippen LogP contribution in [-0.2, 0) is 13.1 Å². The highest BCUT2D eigenvalue weighted by Crippen LogP contribution is 2.13. The molecule has 0 spiro atoms. The molecule has 0 radical (unpaired) electrons. The van der Waals surface area contributed by atoms with Crippen molar-refractivity contribution in [3.63, 3.8) is 0 Å². The SMILES string of the molecule is CCCn1ccnc1CN[C@H](C)c1ccc(F)cc1. The maximum absolute atomic E-state index is 12.9. The van der Waals surface area contributed by atoms with Crippen molar-refractivity contribution >= 4 is 0 Å². The summed E-state index contributed by atoms with van der Waals surface area (Å²) in [5, 5.41) is 3.41. The second kappa shape index (κ2) is 6.48. The van der Waals surface area contributed by atoms with Crippen LogP contribution in [0.25, 0.3) is 0 Å². The van der Waals surface area contributed by atoms with Gasteiger partial charge >= 0.3 is 0 Å². The van der Waals surface area contributed by atoms with E-state index in [1.54, 1.807) is 0 Å². The number of rotatable bonds is 6. The molecule has 1 aromatic carbocycles. The highest BCUT2D eigenvalue weighted by molar-refractivity contribution is 5.19. The number of nitrogens with zero attached hydrogens (tertiary/aromatic N) is 2. The molecule has 19 heavy (non-hydrogen) atoms. The topological polar surface area (TPSA) is 29.9 Å². The number of aryl methyl sites for hydroxylation is 1. The van der Waals surface area contributed by atoms with E-state index in [-0.39, 0.29) is 11.9 Å². The highest BCUT2D eigenvalue weighted by atomic mass is 19.1. The molecule has 1 heterocycles. The van der Waals surface area contributed by atoms with Gasteiger partial charge in [-0.3, -0.25) is 0 Å². The first-order valence-corrected chi connectivity index (χ1v) is 6.69. The predicted octanol–water partition coefficient (Wildman–Crippen LogP) is 3.28. The van der Waals surface area contributed by atoms with Crippen LogP contribution in [-0.4, -0.2) is 9.55 Å². The van der Waals surface area contributed by atoms with Crippen LogP contribution in [0.2, 0.25) is 0 Å². The summed E-state index contributed by atoms with van der Waals surface area (Å²) >= 11 is 0. The minimum absolute atomic E-state index is 0.173. The largest absolute Gasteiger partial charge is 0.334 e. The van der Waals surface area contributed by atoms with Crippen LogP contribution in [0.4, 0.5) is 4.39 Å². The Morgan fingerprint density at radius 1 is 1.32 bits per heavy atom. The van der Waals surface area contributed by atoms with E-state index >= 15 is 0 Å². The van der Waals surface area contributed by atoms with E-state index in [4.69, 9.17) is 0 Å². The summed E-state index contributed by atoms with van der Waals surface area (Å²) in [4.78, 5) is 4.36. The van der Waals surface area contributed by atoms with Crippen molar-refractivity contribution in [2.75, 3.05) is 0 Å². The smallest absolute Gasteiger partial charge is 0.123 e. The lowest BCUT2D eigenvalue weighted by Gasteiger charge is -2.14. The molecule has 1 N–H and O–H groups in total. The molecule has 1 aromatic heterocycles. The molecule has 0 bridgehead atoms. The molecule has 2 aromatic rings. The third-order valence-electron chi connectivity index (χ3n) is 3.20. The molecular formula is C15H20FN3. The average Bonchev–Trinajstić information content (AvgIpc) is 2.85. The fraction of sp³-hybridized carbons (Fsp3) is 0.400. The number of halogens is 1. The molecule has 2 rings (SSSR count). The van der Waals surface area contributed by atoms with Gasteiger partial charge in [-0.2, -0.15) is 0 Å². The molecule has 0 saturated carbocycles. The van der Waals surface area contributed by atoms with Gasteiger partial charge in [-0.15, -0.1) is 0 Å². The quantitative estimate of drug-likeness (QED) is 0.864. The number of benzene rings is 1. The van der Waals surface area contributed by atoms with Crippen LogP contribution in [0.1, 0.15) is 37.7 Å². The molecule has 0 unspecified atom stereocenters. The van der Waals surface area contributed by atoms with Crippen molar-refractivity contribution in [1.82, 2.24) is 14.9 Å². The molecule has 3 nitrogen and oxygen atoms in total. The molecule has 0 amide bonds. The summed E-state index contributed by atoms with van der Waals surface area (Å²) in [6.45, 7) is 5.92. The van der Waals surface area contributed by atoms with Crippen molar-refractivity contribution in [3.8, 4) is 0 Å². The number of aromatic nitrogens is 2. The van der Waals surface area contributed by atoms with Crippen LogP contribution in [0.15, 0.2) is 36.7 Å². The van der Waals surface area contributed by atoms with Gasteiger partial charge in [-0.1, -0.05) is 19.1 Å². The monoisotopic (exact) mass is 261 g/mol. The molecule has 0 fully saturated rings. The van der Waals surface area contributed by atoms with Gasteiger partial charge in [0.2, 0.25) is 0 Å². The van der Waals surface area contributed by atoms with Crippen LogP contribution >= 0.6 is 0 Å². The van der Waals surface area contributed by atoms with Crippen LogP contribution < -0.4 is 5.32 Å². The molecule has 0 aliphatic rings. The maximum atomic E-state index is 12.9. The van der Waals surface area contributed by atoms with E-state index < -0.39 is 0 Å². The van der Waals surface area contributed by atoms with Gasteiger partial charge in [0.1, 0.15) is 11.6 Å².